The molecule has 0 radical (unpaired) electrons. The van der Waals surface area contributed by atoms with Gasteiger partial charge in [-0.2, -0.15) is 0 Å². The monoisotopic (exact) mass is 274 g/mol. The number of carbonyl (C=O) groups is 3. The van der Waals surface area contributed by atoms with E-state index in [1.165, 1.54) is 12.0 Å². The van der Waals surface area contributed by atoms with Gasteiger partial charge in [-0.05, 0) is 11.6 Å². The van der Waals surface area contributed by atoms with Crippen molar-refractivity contribution < 1.29 is 19.1 Å². The lowest BCUT2D eigenvalue weighted by Gasteiger charge is -2.34. The van der Waals surface area contributed by atoms with Crippen LogP contribution in [0.5, 0.6) is 0 Å². The van der Waals surface area contributed by atoms with E-state index in [4.69, 9.17) is 0 Å². The molecule has 0 spiro atoms. The molecular formula is C14H14N2O4. The van der Waals surface area contributed by atoms with Gasteiger partial charge in [0.05, 0.1) is 13.5 Å². The van der Waals surface area contributed by atoms with Crippen LogP contribution in [0, 0.1) is 0 Å². The molecule has 0 bridgehead atoms. The molecule has 1 saturated heterocycles. The van der Waals surface area contributed by atoms with E-state index < -0.39 is 18.1 Å². The van der Waals surface area contributed by atoms with Gasteiger partial charge in [0.15, 0.2) is 0 Å². The summed E-state index contributed by atoms with van der Waals surface area (Å²) in [4.78, 5) is 37.4. The Morgan fingerprint density at radius 3 is 2.90 bits per heavy atom. The smallest absolute Gasteiger partial charge is 0.308 e. The van der Waals surface area contributed by atoms with Crippen LogP contribution >= 0.6 is 0 Å². The minimum Gasteiger partial charge on any atom is -0.469 e. The first-order chi connectivity index (χ1) is 9.61. The lowest BCUT2D eigenvalue weighted by molar-refractivity contribution is -0.144. The van der Waals surface area contributed by atoms with Crippen molar-refractivity contribution in [2.24, 2.45) is 0 Å². The maximum absolute atomic E-state index is 12.5. The van der Waals surface area contributed by atoms with Gasteiger partial charge < -0.3 is 10.1 Å². The number of anilines is 1. The first-order valence-corrected chi connectivity index (χ1v) is 6.40. The molecule has 1 fully saturated rings. The SMILES string of the molecule is COC(=O)C[C@@H]1NC(=O)[C@@H]2Cc3ccccc3N2C1=O. The van der Waals surface area contributed by atoms with Crippen LogP contribution in [0.3, 0.4) is 0 Å². The van der Waals surface area contributed by atoms with Crippen molar-refractivity contribution >= 4 is 23.5 Å². The molecule has 0 aromatic heterocycles. The fraction of sp³-hybridized carbons (Fsp3) is 0.357. The van der Waals surface area contributed by atoms with Crippen LogP contribution in [-0.2, 0) is 25.5 Å². The number of rotatable bonds is 2. The second-order valence-corrected chi connectivity index (χ2v) is 4.90. The molecule has 1 N–H and O–H groups in total. The summed E-state index contributed by atoms with van der Waals surface area (Å²) in [6, 6.07) is 6.08. The van der Waals surface area contributed by atoms with E-state index >= 15 is 0 Å². The number of para-hydroxylation sites is 1. The Hall–Kier alpha value is -2.37. The fourth-order valence-electron chi connectivity index (χ4n) is 2.75. The van der Waals surface area contributed by atoms with E-state index in [2.05, 4.69) is 10.1 Å². The van der Waals surface area contributed by atoms with Gasteiger partial charge in [0, 0.05) is 12.1 Å². The van der Waals surface area contributed by atoms with Gasteiger partial charge in [-0.1, -0.05) is 18.2 Å². The Labute approximate surface area is 115 Å². The van der Waals surface area contributed by atoms with Crippen molar-refractivity contribution in [1.29, 1.82) is 0 Å². The molecule has 2 atom stereocenters. The number of hydrogen-bond donors (Lipinski definition) is 1. The number of esters is 1. The molecule has 0 aliphatic carbocycles. The highest BCUT2D eigenvalue weighted by atomic mass is 16.5. The zero-order chi connectivity index (χ0) is 14.3. The molecule has 6 heteroatoms. The molecule has 0 unspecified atom stereocenters. The first-order valence-electron chi connectivity index (χ1n) is 6.40. The lowest BCUT2D eigenvalue weighted by atomic mass is 10.0. The predicted octanol–water partition coefficient (Wildman–Crippen LogP) is 0.00580. The average Bonchev–Trinajstić information content (AvgIpc) is 2.84. The number of nitrogens with one attached hydrogen (secondary N) is 1. The summed E-state index contributed by atoms with van der Waals surface area (Å²) in [6.45, 7) is 0. The van der Waals surface area contributed by atoms with Gasteiger partial charge in [-0.3, -0.25) is 19.3 Å². The number of ether oxygens (including phenoxy) is 1. The molecule has 2 aliphatic heterocycles. The van der Waals surface area contributed by atoms with Gasteiger partial charge in [0.25, 0.3) is 5.91 Å². The topological polar surface area (TPSA) is 75.7 Å². The molecule has 2 amide bonds. The maximum atomic E-state index is 12.5. The molecule has 3 rings (SSSR count). The van der Waals surface area contributed by atoms with Gasteiger partial charge in [0.2, 0.25) is 5.91 Å². The normalized spacial score (nSPS) is 23.9. The summed E-state index contributed by atoms with van der Waals surface area (Å²) in [6.07, 6.45) is 0.366. The summed E-state index contributed by atoms with van der Waals surface area (Å²) in [5.41, 5.74) is 1.73. The second kappa shape index (κ2) is 4.63. The van der Waals surface area contributed by atoms with E-state index in [0.717, 1.165) is 11.3 Å². The van der Waals surface area contributed by atoms with Crippen LogP contribution in [0.25, 0.3) is 0 Å². The highest BCUT2D eigenvalue weighted by molar-refractivity contribution is 6.11. The summed E-state index contributed by atoms with van der Waals surface area (Å²) >= 11 is 0. The molecule has 0 saturated carbocycles. The van der Waals surface area contributed by atoms with Crippen LogP contribution in [-0.4, -0.2) is 37.0 Å². The summed E-state index contributed by atoms with van der Waals surface area (Å²) in [5.74, 6) is -1.01. The van der Waals surface area contributed by atoms with E-state index in [0.29, 0.717) is 6.42 Å². The Kier molecular flexibility index (Phi) is 2.93. The van der Waals surface area contributed by atoms with Crippen LogP contribution in [0.2, 0.25) is 0 Å². The number of carbonyl (C=O) groups excluding carboxylic acids is 3. The quantitative estimate of drug-likeness (QED) is 0.771. The fourth-order valence-corrected chi connectivity index (χ4v) is 2.75. The maximum Gasteiger partial charge on any atom is 0.308 e. The largest absolute Gasteiger partial charge is 0.469 e. The van der Waals surface area contributed by atoms with Crippen LogP contribution < -0.4 is 10.2 Å². The van der Waals surface area contributed by atoms with Crippen LogP contribution in [0.4, 0.5) is 5.69 Å². The lowest BCUT2D eigenvalue weighted by Crippen LogP contribution is -2.63. The molecule has 2 aliphatic rings. The summed E-state index contributed by atoms with van der Waals surface area (Å²) in [7, 11) is 1.26. The third-order valence-corrected chi connectivity index (χ3v) is 3.73. The minimum absolute atomic E-state index is 0.146. The Morgan fingerprint density at radius 2 is 2.15 bits per heavy atom. The van der Waals surface area contributed by atoms with E-state index in [1.807, 2.05) is 24.3 Å². The summed E-state index contributed by atoms with van der Waals surface area (Å²) < 4.78 is 4.56. The number of benzene rings is 1. The number of amides is 2. The molecular weight excluding hydrogens is 260 g/mol. The number of hydrogen-bond acceptors (Lipinski definition) is 4. The summed E-state index contributed by atoms with van der Waals surface area (Å²) in [5, 5.41) is 2.61. The Balaban J connectivity index is 1.92. The van der Waals surface area contributed by atoms with Gasteiger partial charge in [-0.15, -0.1) is 0 Å². The molecule has 1 aromatic carbocycles. The third kappa shape index (κ3) is 1.84. The van der Waals surface area contributed by atoms with Crippen molar-refractivity contribution in [3.63, 3.8) is 0 Å². The molecule has 1 aromatic rings. The van der Waals surface area contributed by atoms with E-state index in [9.17, 15) is 14.4 Å². The molecule has 2 heterocycles. The molecule has 6 nitrogen and oxygen atoms in total. The van der Waals surface area contributed by atoms with E-state index in [1.54, 1.807) is 0 Å². The number of piperazine rings is 1. The Bertz CT molecular complexity index is 599. The van der Waals surface area contributed by atoms with Gasteiger partial charge >= 0.3 is 5.97 Å². The van der Waals surface area contributed by atoms with E-state index in [-0.39, 0.29) is 18.2 Å². The zero-order valence-corrected chi connectivity index (χ0v) is 11.0. The van der Waals surface area contributed by atoms with Crippen LogP contribution in [0.1, 0.15) is 12.0 Å². The zero-order valence-electron chi connectivity index (χ0n) is 11.0. The average molecular weight is 274 g/mol. The Morgan fingerprint density at radius 1 is 1.40 bits per heavy atom. The molecule has 104 valence electrons. The number of methoxy groups -OCH3 is 1. The predicted molar refractivity (Wildman–Crippen MR) is 70.0 cm³/mol. The second-order valence-electron chi connectivity index (χ2n) is 4.90. The highest BCUT2D eigenvalue weighted by Crippen LogP contribution is 2.34. The van der Waals surface area contributed by atoms with Gasteiger partial charge in [-0.25, -0.2) is 0 Å². The molecule has 20 heavy (non-hydrogen) atoms. The van der Waals surface area contributed by atoms with Crippen molar-refractivity contribution in [1.82, 2.24) is 5.32 Å². The number of nitrogens with zero attached hydrogens (tertiary/aromatic N) is 1. The third-order valence-electron chi connectivity index (χ3n) is 3.73. The standard InChI is InChI=1S/C14H14N2O4/c1-20-12(17)7-9-14(19)16-10-5-3-2-4-8(10)6-11(16)13(18)15-9/h2-5,9,11H,6-7H2,1H3,(H,15,18)/t9-,11-/m0/s1. The minimum atomic E-state index is -0.850. The first kappa shape index (κ1) is 12.7. The number of fused-ring (bicyclic) bond motifs is 3. The van der Waals surface area contributed by atoms with Crippen molar-refractivity contribution in [2.45, 2.75) is 24.9 Å². The van der Waals surface area contributed by atoms with Crippen LogP contribution in [0.15, 0.2) is 24.3 Å². The van der Waals surface area contributed by atoms with Crippen molar-refractivity contribution in [2.75, 3.05) is 12.0 Å². The van der Waals surface area contributed by atoms with Gasteiger partial charge in [0.1, 0.15) is 12.1 Å². The van der Waals surface area contributed by atoms with Crippen molar-refractivity contribution in [3.8, 4) is 0 Å². The highest BCUT2D eigenvalue weighted by Gasteiger charge is 2.46. The van der Waals surface area contributed by atoms with Crippen molar-refractivity contribution in [3.05, 3.63) is 29.8 Å².